The van der Waals surface area contributed by atoms with Crippen molar-refractivity contribution in [3.63, 3.8) is 0 Å². The first-order valence-corrected chi connectivity index (χ1v) is 12.6. The summed E-state index contributed by atoms with van der Waals surface area (Å²) in [6.07, 6.45) is 12.6. The summed E-state index contributed by atoms with van der Waals surface area (Å²) in [6, 6.07) is 0. The number of hydrogen-bond donors (Lipinski definition) is 2. The van der Waals surface area contributed by atoms with Gasteiger partial charge in [-0.2, -0.15) is 0 Å². The molecule has 0 fully saturated rings. The Morgan fingerprint density at radius 3 is 1.61 bits per heavy atom. The zero-order valence-corrected chi connectivity index (χ0v) is 20.6. The Labute approximate surface area is 198 Å². The Morgan fingerprint density at radius 2 is 1.09 bits per heavy atom. The van der Waals surface area contributed by atoms with E-state index in [1.165, 1.54) is 32.1 Å². The van der Waals surface area contributed by atoms with Gasteiger partial charge in [0.15, 0.2) is 5.60 Å². The first kappa shape index (κ1) is 31.0. The Hall–Kier alpha value is -1.96. The Bertz CT molecular complexity index is 575. The molecule has 0 radical (unpaired) electrons. The van der Waals surface area contributed by atoms with Gasteiger partial charge in [-0.05, 0) is 12.8 Å². The van der Waals surface area contributed by atoms with Crippen LogP contribution in [-0.4, -0.2) is 46.3 Å². The molecular weight excluding hydrogens is 428 g/mol. The molecule has 0 aliphatic heterocycles. The van der Waals surface area contributed by atoms with Crippen LogP contribution in [0.5, 0.6) is 0 Å². The minimum Gasteiger partial charge on any atom is -0.479 e. The van der Waals surface area contributed by atoms with Crippen molar-refractivity contribution in [2.75, 3.05) is 6.61 Å². The number of ether oxygens (including phenoxy) is 2. The van der Waals surface area contributed by atoms with E-state index in [9.17, 15) is 29.4 Å². The summed E-state index contributed by atoms with van der Waals surface area (Å²) in [7, 11) is 0. The highest BCUT2D eigenvalue weighted by atomic mass is 16.6. The number of carbonyl (C=O) groups is 4. The smallest absolute Gasteiger partial charge is 0.336 e. The summed E-state index contributed by atoms with van der Waals surface area (Å²) in [5.41, 5.74) is -2.67. The maximum absolute atomic E-state index is 12.0. The third-order valence-corrected chi connectivity index (χ3v) is 5.49. The van der Waals surface area contributed by atoms with Gasteiger partial charge in [-0.25, -0.2) is 4.79 Å². The Morgan fingerprint density at radius 1 is 0.636 bits per heavy atom. The number of carboxylic acids is 1. The van der Waals surface area contributed by atoms with Crippen molar-refractivity contribution in [3.05, 3.63) is 0 Å². The number of aliphatic hydroxyl groups is 1. The molecule has 8 nitrogen and oxygen atoms in total. The maximum Gasteiger partial charge on any atom is 0.336 e. The van der Waals surface area contributed by atoms with Crippen molar-refractivity contribution < 1.29 is 38.9 Å². The molecule has 0 heterocycles. The second-order valence-corrected chi connectivity index (χ2v) is 8.75. The lowest BCUT2D eigenvalue weighted by Crippen LogP contribution is -2.43. The topological polar surface area (TPSA) is 127 Å². The van der Waals surface area contributed by atoms with Crippen LogP contribution >= 0.6 is 0 Å². The van der Waals surface area contributed by atoms with Crippen LogP contribution < -0.4 is 0 Å². The lowest BCUT2D eigenvalue weighted by molar-refractivity contribution is -0.175. The lowest BCUT2D eigenvalue weighted by Gasteiger charge is -2.21. The van der Waals surface area contributed by atoms with Crippen molar-refractivity contribution in [2.24, 2.45) is 0 Å². The first-order chi connectivity index (χ1) is 15.7. The summed E-state index contributed by atoms with van der Waals surface area (Å²) in [5, 5.41) is 19.5. The average molecular weight is 473 g/mol. The highest BCUT2D eigenvalue weighted by Crippen LogP contribution is 2.19. The highest BCUT2D eigenvalue weighted by molar-refractivity contribution is 5.92. The molecule has 0 saturated heterocycles. The molecular formula is C25H44O8. The summed E-state index contributed by atoms with van der Waals surface area (Å²) in [5.74, 6) is -4.59. The van der Waals surface area contributed by atoms with Gasteiger partial charge < -0.3 is 19.7 Å². The zero-order valence-electron chi connectivity index (χ0n) is 20.6. The van der Waals surface area contributed by atoms with Gasteiger partial charge in [0.25, 0.3) is 0 Å². The minimum atomic E-state index is -2.67. The molecule has 1 atom stereocenters. The summed E-state index contributed by atoms with van der Waals surface area (Å²) in [4.78, 5) is 47.0. The molecule has 8 heteroatoms. The van der Waals surface area contributed by atoms with Gasteiger partial charge in [-0.3, -0.25) is 14.4 Å². The molecule has 2 N–H and O–H groups in total. The summed E-state index contributed by atoms with van der Waals surface area (Å²) >= 11 is 0. The van der Waals surface area contributed by atoms with Crippen molar-refractivity contribution >= 4 is 23.9 Å². The van der Waals surface area contributed by atoms with Gasteiger partial charge in [0, 0.05) is 6.42 Å². The second-order valence-electron chi connectivity index (χ2n) is 8.75. The predicted molar refractivity (Wildman–Crippen MR) is 124 cm³/mol. The van der Waals surface area contributed by atoms with E-state index in [-0.39, 0.29) is 13.0 Å². The molecule has 0 bridgehead atoms. The van der Waals surface area contributed by atoms with Crippen LogP contribution in [0.15, 0.2) is 0 Å². The summed E-state index contributed by atoms with van der Waals surface area (Å²) < 4.78 is 9.61. The van der Waals surface area contributed by atoms with Crippen molar-refractivity contribution in [1.29, 1.82) is 0 Å². The number of rotatable bonds is 21. The van der Waals surface area contributed by atoms with Gasteiger partial charge >= 0.3 is 23.9 Å². The monoisotopic (exact) mass is 472 g/mol. The number of esters is 3. The third kappa shape index (κ3) is 17.2. The molecule has 0 rings (SSSR count). The average Bonchev–Trinajstić information content (AvgIpc) is 2.74. The third-order valence-electron chi connectivity index (χ3n) is 5.49. The van der Waals surface area contributed by atoms with Crippen LogP contribution in [0.2, 0.25) is 0 Å². The van der Waals surface area contributed by atoms with Crippen LogP contribution in [0.25, 0.3) is 0 Å². The fourth-order valence-corrected chi connectivity index (χ4v) is 3.43. The largest absolute Gasteiger partial charge is 0.479 e. The highest BCUT2D eigenvalue weighted by Gasteiger charge is 2.42. The number of unbranched alkanes of at least 4 members (excludes halogenated alkanes) is 12. The predicted octanol–water partition coefficient (Wildman–Crippen LogP) is 5.09. The fourth-order valence-electron chi connectivity index (χ4n) is 3.43. The molecule has 0 amide bonds. The minimum absolute atomic E-state index is 0.0434. The van der Waals surface area contributed by atoms with Gasteiger partial charge in [0.05, 0.1) is 19.4 Å². The molecule has 0 aromatic rings. The van der Waals surface area contributed by atoms with E-state index in [0.29, 0.717) is 12.8 Å². The van der Waals surface area contributed by atoms with E-state index < -0.39 is 42.3 Å². The molecule has 0 aromatic carbocycles. The molecule has 1 unspecified atom stereocenters. The number of carboxylic acid groups (broad SMARTS) is 1. The van der Waals surface area contributed by atoms with Gasteiger partial charge in [0.1, 0.15) is 0 Å². The van der Waals surface area contributed by atoms with Crippen LogP contribution in [0, 0.1) is 0 Å². The van der Waals surface area contributed by atoms with E-state index in [2.05, 4.69) is 18.6 Å². The van der Waals surface area contributed by atoms with E-state index in [0.717, 1.165) is 44.9 Å². The van der Waals surface area contributed by atoms with E-state index in [1.54, 1.807) is 0 Å². The normalized spacial score (nSPS) is 12.7. The molecule has 0 aromatic heterocycles. The molecule has 0 spiro atoms. The van der Waals surface area contributed by atoms with Gasteiger partial charge in [-0.15, -0.1) is 0 Å². The maximum atomic E-state index is 12.0. The fraction of sp³-hybridized carbons (Fsp3) is 0.840. The molecule has 33 heavy (non-hydrogen) atoms. The van der Waals surface area contributed by atoms with Crippen LogP contribution in [0.4, 0.5) is 0 Å². The number of hydrogen-bond acceptors (Lipinski definition) is 7. The number of aliphatic carboxylic acids is 1. The van der Waals surface area contributed by atoms with Crippen LogP contribution in [-0.2, 0) is 28.7 Å². The standard InChI is InChI=1S/C25H44O8/c1-3-5-7-9-10-11-12-14-16-18-32-22(27)19-25(31,24(29)30)20-23(28)33-21(26)17-15-13-8-6-4-2/h31H,3-20H2,1-2H3,(H,29,30). The van der Waals surface area contributed by atoms with Gasteiger partial charge in [-0.1, -0.05) is 90.9 Å². The van der Waals surface area contributed by atoms with E-state index in [4.69, 9.17) is 4.74 Å². The lowest BCUT2D eigenvalue weighted by atomic mass is 9.96. The molecule has 0 aliphatic carbocycles. The van der Waals surface area contributed by atoms with Crippen molar-refractivity contribution in [3.8, 4) is 0 Å². The van der Waals surface area contributed by atoms with Crippen LogP contribution in [0.3, 0.4) is 0 Å². The van der Waals surface area contributed by atoms with Gasteiger partial charge in [0.2, 0.25) is 0 Å². The summed E-state index contributed by atoms with van der Waals surface area (Å²) in [6.45, 7) is 4.39. The van der Waals surface area contributed by atoms with E-state index >= 15 is 0 Å². The van der Waals surface area contributed by atoms with Crippen molar-refractivity contribution in [1.82, 2.24) is 0 Å². The quantitative estimate of drug-likeness (QED) is 0.134. The first-order valence-electron chi connectivity index (χ1n) is 12.6. The molecule has 0 aliphatic rings. The number of carbonyl (C=O) groups excluding carboxylic acids is 3. The second kappa shape index (κ2) is 19.5. The molecule has 0 saturated carbocycles. The van der Waals surface area contributed by atoms with Crippen molar-refractivity contribution in [2.45, 2.75) is 129 Å². The molecule has 192 valence electrons. The zero-order chi connectivity index (χ0) is 25.0. The Balaban J connectivity index is 4.16. The SMILES string of the molecule is CCCCCCCCCCCOC(=O)CC(O)(CC(=O)OC(=O)CCCCCCC)C(=O)O. The van der Waals surface area contributed by atoms with Crippen LogP contribution in [0.1, 0.15) is 123 Å². The van der Waals surface area contributed by atoms with E-state index in [1.807, 2.05) is 0 Å². The Kier molecular flexibility index (Phi) is 18.3.